The Morgan fingerprint density at radius 3 is 2.54 bits per heavy atom. The van der Waals surface area contributed by atoms with Crippen LogP contribution in [0.1, 0.15) is 15.9 Å². The lowest BCUT2D eigenvalue weighted by Crippen LogP contribution is -2.11. The first kappa shape index (κ1) is 15.7. The number of halogens is 1. The van der Waals surface area contributed by atoms with Gasteiger partial charge in [0.2, 0.25) is 0 Å². The van der Waals surface area contributed by atoms with Crippen molar-refractivity contribution in [3.05, 3.63) is 90.0 Å². The van der Waals surface area contributed by atoms with Crippen LogP contribution in [0.4, 0.5) is 10.1 Å². The molecule has 0 aliphatic heterocycles. The Morgan fingerprint density at radius 1 is 1.04 bits per heavy atom. The summed E-state index contributed by atoms with van der Waals surface area (Å²) in [6.07, 6.45) is 3.13. The second-order valence-electron chi connectivity index (χ2n) is 5.13. The Bertz CT molecular complexity index is 820. The van der Waals surface area contributed by atoms with E-state index in [0.717, 1.165) is 5.56 Å². The molecule has 24 heavy (non-hydrogen) atoms. The lowest BCUT2D eigenvalue weighted by Gasteiger charge is -2.09. The maximum absolute atomic E-state index is 12.9. The highest BCUT2D eigenvalue weighted by atomic mass is 19.1. The predicted molar refractivity (Wildman–Crippen MR) is 89.4 cm³/mol. The Labute approximate surface area is 138 Å². The Morgan fingerprint density at radius 2 is 1.79 bits per heavy atom. The molecule has 1 amide bonds. The zero-order chi connectivity index (χ0) is 16.8. The van der Waals surface area contributed by atoms with Crippen molar-refractivity contribution in [2.75, 3.05) is 5.32 Å². The van der Waals surface area contributed by atoms with E-state index in [0.29, 0.717) is 23.6 Å². The van der Waals surface area contributed by atoms with E-state index in [4.69, 9.17) is 4.74 Å². The van der Waals surface area contributed by atoms with Gasteiger partial charge in [-0.1, -0.05) is 18.2 Å². The summed E-state index contributed by atoms with van der Waals surface area (Å²) >= 11 is 0. The zero-order valence-corrected chi connectivity index (χ0v) is 12.8. The van der Waals surface area contributed by atoms with Gasteiger partial charge in [-0.3, -0.25) is 9.78 Å². The predicted octanol–water partition coefficient (Wildman–Crippen LogP) is 4.05. The Balaban J connectivity index is 1.63. The SMILES string of the molecule is O=C(Nc1cccc(OCc2ccc(F)cc2)c1)c1ccncc1. The van der Waals surface area contributed by atoms with Crippen LogP contribution < -0.4 is 10.1 Å². The number of ether oxygens (including phenoxy) is 1. The van der Waals surface area contributed by atoms with Gasteiger partial charge in [0.15, 0.2) is 0 Å². The summed E-state index contributed by atoms with van der Waals surface area (Å²) in [7, 11) is 0. The minimum Gasteiger partial charge on any atom is -0.489 e. The van der Waals surface area contributed by atoms with Crippen LogP contribution in [0, 0.1) is 5.82 Å². The fourth-order valence-electron chi connectivity index (χ4n) is 2.12. The van der Waals surface area contributed by atoms with Gasteiger partial charge in [0.25, 0.3) is 5.91 Å². The van der Waals surface area contributed by atoms with Gasteiger partial charge in [0, 0.05) is 29.7 Å². The van der Waals surface area contributed by atoms with E-state index in [1.54, 1.807) is 60.9 Å². The molecule has 0 spiro atoms. The first-order valence-electron chi connectivity index (χ1n) is 7.39. The van der Waals surface area contributed by atoms with Crippen LogP contribution in [0.15, 0.2) is 73.1 Å². The van der Waals surface area contributed by atoms with E-state index in [2.05, 4.69) is 10.3 Å². The second-order valence-corrected chi connectivity index (χ2v) is 5.13. The highest BCUT2D eigenvalue weighted by molar-refractivity contribution is 6.04. The van der Waals surface area contributed by atoms with Gasteiger partial charge in [0.05, 0.1) is 0 Å². The molecule has 0 bridgehead atoms. The number of pyridine rings is 1. The van der Waals surface area contributed by atoms with Gasteiger partial charge < -0.3 is 10.1 Å². The molecule has 0 radical (unpaired) electrons. The normalized spacial score (nSPS) is 10.2. The number of hydrogen-bond acceptors (Lipinski definition) is 3. The molecule has 1 heterocycles. The van der Waals surface area contributed by atoms with Crippen LogP contribution in [0.3, 0.4) is 0 Å². The molecule has 4 nitrogen and oxygen atoms in total. The summed E-state index contributed by atoms with van der Waals surface area (Å²) in [6.45, 7) is 0.321. The lowest BCUT2D eigenvalue weighted by atomic mass is 10.2. The summed E-state index contributed by atoms with van der Waals surface area (Å²) in [6, 6.07) is 16.5. The van der Waals surface area contributed by atoms with E-state index >= 15 is 0 Å². The first-order valence-corrected chi connectivity index (χ1v) is 7.39. The number of amides is 1. The van der Waals surface area contributed by atoms with E-state index in [9.17, 15) is 9.18 Å². The van der Waals surface area contributed by atoms with E-state index < -0.39 is 0 Å². The van der Waals surface area contributed by atoms with Crippen LogP contribution in [0.25, 0.3) is 0 Å². The van der Waals surface area contributed by atoms with E-state index in [-0.39, 0.29) is 11.7 Å². The van der Waals surface area contributed by atoms with Crippen LogP contribution in [0.5, 0.6) is 5.75 Å². The molecule has 0 unspecified atom stereocenters. The van der Waals surface area contributed by atoms with Crippen LogP contribution >= 0.6 is 0 Å². The second kappa shape index (κ2) is 7.37. The fourth-order valence-corrected chi connectivity index (χ4v) is 2.12. The number of nitrogens with one attached hydrogen (secondary N) is 1. The molecule has 5 heteroatoms. The van der Waals surface area contributed by atoms with Crippen LogP contribution in [0.2, 0.25) is 0 Å². The topological polar surface area (TPSA) is 51.2 Å². The van der Waals surface area contributed by atoms with Crippen molar-refractivity contribution in [1.29, 1.82) is 0 Å². The third-order valence-electron chi connectivity index (χ3n) is 3.35. The number of carbonyl (C=O) groups excluding carboxylic acids is 1. The van der Waals surface area contributed by atoms with Crippen molar-refractivity contribution in [3.8, 4) is 5.75 Å². The molecular weight excluding hydrogens is 307 g/mol. The minimum absolute atomic E-state index is 0.215. The summed E-state index contributed by atoms with van der Waals surface area (Å²) < 4.78 is 18.6. The standard InChI is InChI=1S/C19H15FN2O2/c20-16-6-4-14(5-7-16)13-24-18-3-1-2-17(12-18)22-19(23)15-8-10-21-11-9-15/h1-12H,13H2,(H,22,23). The minimum atomic E-state index is -0.278. The summed E-state index contributed by atoms with van der Waals surface area (Å²) in [5, 5.41) is 2.81. The van der Waals surface area contributed by atoms with Crippen molar-refractivity contribution in [2.45, 2.75) is 6.61 Å². The smallest absolute Gasteiger partial charge is 0.255 e. The van der Waals surface area contributed by atoms with E-state index in [1.165, 1.54) is 12.1 Å². The third-order valence-corrected chi connectivity index (χ3v) is 3.35. The molecule has 0 saturated heterocycles. The largest absolute Gasteiger partial charge is 0.489 e. The van der Waals surface area contributed by atoms with Gasteiger partial charge in [-0.15, -0.1) is 0 Å². The van der Waals surface area contributed by atoms with Gasteiger partial charge in [0.1, 0.15) is 18.2 Å². The number of carbonyl (C=O) groups is 1. The maximum atomic E-state index is 12.9. The quantitative estimate of drug-likeness (QED) is 0.771. The van der Waals surface area contributed by atoms with Gasteiger partial charge in [-0.05, 0) is 42.0 Å². The molecule has 1 aromatic heterocycles. The molecule has 1 N–H and O–H groups in total. The third kappa shape index (κ3) is 4.16. The van der Waals surface area contributed by atoms with Gasteiger partial charge in [-0.25, -0.2) is 4.39 Å². The molecule has 0 aliphatic carbocycles. The van der Waals surface area contributed by atoms with Crippen LogP contribution in [-0.4, -0.2) is 10.9 Å². The van der Waals surface area contributed by atoms with Gasteiger partial charge >= 0.3 is 0 Å². The molecule has 0 saturated carbocycles. The average Bonchev–Trinajstić information content (AvgIpc) is 2.62. The lowest BCUT2D eigenvalue weighted by molar-refractivity contribution is 0.102. The Hall–Kier alpha value is -3.21. The molecule has 0 aliphatic rings. The van der Waals surface area contributed by atoms with E-state index in [1.807, 2.05) is 0 Å². The van der Waals surface area contributed by atoms with Crippen molar-refractivity contribution < 1.29 is 13.9 Å². The summed E-state index contributed by atoms with van der Waals surface area (Å²) in [5.74, 6) is 0.125. The molecule has 3 aromatic rings. The van der Waals surface area contributed by atoms with Crippen molar-refractivity contribution in [1.82, 2.24) is 4.98 Å². The average molecular weight is 322 g/mol. The molecule has 0 fully saturated rings. The monoisotopic (exact) mass is 322 g/mol. The fraction of sp³-hybridized carbons (Fsp3) is 0.0526. The molecular formula is C19H15FN2O2. The van der Waals surface area contributed by atoms with Crippen LogP contribution in [-0.2, 0) is 6.61 Å². The summed E-state index contributed by atoms with van der Waals surface area (Å²) in [5.41, 5.74) is 2.03. The number of rotatable bonds is 5. The maximum Gasteiger partial charge on any atom is 0.255 e. The molecule has 2 aromatic carbocycles. The highest BCUT2D eigenvalue weighted by Crippen LogP contribution is 2.19. The number of benzene rings is 2. The number of anilines is 1. The highest BCUT2D eigenvalue weighted by Gasteiger charge is 2.06. The number of nitrogens with zero attached hydrogens (tertiary/aromatic N) is 1. The number of hydrogen-bond donors (Lipinski definition) is 1. The summed E-state index contributed by atoms with van der Waals surface area (Å²) in [4.78, 5) is 16.0. The number of aromatic nitrogens is 1. The first-order chi connectivity index (χ1) is 11.7. The van der Waals surface area contributed by atoms with Crippen molar-refractivity contribution >= 4 is 11.6 Å². The van der Waals surface area contributed by atoms with Crippen molar-refractivity contribution in [3.63, 3.8) is 0 Å². The molecule has 120 valence electrons. The molecule has 3 rings (SSSR count). The molecule has 0 atom stereocenters. The van der Waals surface area contributed by atoms with Crippen molar-refractivity contribution in [2.24, 2.45) is 0 Å². The van der Waals surface area contributed by atoms with Gasteiger partial charge in [-0.2, -0.15) is 0 Å². The Kier molecular flexibility index (Phi) is 4.81. The zero-order valence-electron chi connectivity index (χ0n) is 12.8.